The third-order valence-corrected chi connectivity index (χ3v) is 2.85. The topological polar surface area (TPSA) is 115 Å². The van der Waals surface area contributed by atoms with Crippen molar-refractivity contribution < 1.29 is 14.5 Å². The summed E-state index contributed by atoms with van der Waals surface area (Å²) in [6.45, 7) is 0.301. The first-order chi connectivity index (χ1) is 9.43. The fourth-order valence-electron chi connectivity index (χ4n) is 1.61. The molecule has 0 spiro atoms. The average Bonchev–Trinajstić information content (AvgIpc) is 2.36. The number of carbonyl (C=O) groups excluding carboxylic acids is 2. The van der Waals surface area contributed by atoms with Gasteiger partial charge in [-0.15, -0.1) is 0 Å². The fourth-order valence-corrected chi connectivity index (χ4v) is 1.85. The van der Waals surface area contributed by atoms with Crippen LogP contribution >= 0.6 is 11.6 Å². The number of hydrogen-bond donors (Lipinski definition) is 2. The van der Waals surface area contributed by atoms with E-state index in [0.717, 1.165) is 0 Å². The normalized spacial score (nSPS) is 10.1. The molecule has 0 aromatic heterocycles. The van der Waals surface area contributed by atoms with Crippen LogP contribution in [0.15, 0.2) is 18.2 Å². The summed E-state index contributed by atoms with van der Waals surface area (Å²) in [6, 6.07) is 4.16. The summed E-state index contributed by atoms with van der Waals surface area (Å²) in [4.78, 5) is 32.6. The average molecular weight is 300 g/mol. The van der Waals surface area contributed by atoms with Crippen LogP contribution in [-0.4, -0.2) is 23.3 Å². The highest BCUT2D eigenvalue weighted by Gasteiger charge is 2.23. The molecule has 0 saturated carbocycles. The minimum Gasteiger partial charge on any atom is -0.370 e. The van der Waals surface area contributed by atoms with Crippen molar-refractivity contribution in [2.45, 2.75) is 19.3 Å². The molecule has 0 aliphatic rings. The van der Waals surface area contributed by atoms with E-state index < -0.39 is 22.4 Å². The number of benzene rings is 1. The van der Waals surface area contributed by atoms with E-state index in [9.17, 15) is 19.7 Å². The van der Waals surface area contributed by atoms with Crippen LogP contribution in [0.5, 0.6) is 0 Å². The van der Waals surface area contributed by atoms with Crippen molar-refractivity contribution >= 4 is 29.1 Å². The highest BCUT2D eigenvalue weighted by Crippen LogP contribution is 2.27. The number of amides is 2. The molecule has 1 aromatic carbocycles. The Hall–Kier alpha value is -2.15. The minimum atomic E-state index is -0.690. The first-order valence-electron chi connectivity index (χ1n) is 5.93. The zero-order chi connectivity index (χ0) is 15.1. The Kier molecular flexibility index (Phi) is 5.92. The number of nitro benzene ring substituents is 1. The quantitative estimate of drug-likeness (QED) is 0.452. The molecule has 0 atom stereocenters. The molecule has 1 rings (SSSR count). The maximum Gasteiger partial charge on any atom is 0.300 e. The molecular formula is C12H14ClN3O4. The van der Waals surface area contributed by atoms with E-state index in [-0.39, 0.29) is 17.0 Å². The van der Waals surface area contributed by atoms with Gasteiger partial charge >= 0.3 is 5.69 Å². The zero-order valence-corrected chi connectivity index (χ0v) is 11.4. The number of rotatable bonds is 7. The van der Waals surface area contributed by atoms with Crippen LogP contribution < -0.4 is 11.1 Å². The first-order valence-corrected chi connectivity index (χ1v) is 6.30. The maximum atomic E-state index is 11.9. The maximum absolute atomic E-state index is 11.9. The molecule has 7 nitrogen and oxygen atoms in total. The number of halogens is 1. The van der Waals surface area contributed by atoms with E-state index in [2.05, 4.69) is 5.32 Å². The number of nitrogens with one attached hydrogen (secondary N) is 1. The second-order valence-electron chi connectivity index (χ2n) is 4.07. The lowest BCUT2D eigenvalue weighted by atomic mass is 10.1. The third kappa shape index (κ3) is 4.51. The Morgan fingerprint density at radius 3 is 2.65 bits per heavy atom. The lowest BCUT2D eigenvalue weighted by Crippen LogP contribution is -2.25. The molecule has 0 unspecified atom stereocenters. The van der Waals surface area contributed by atoms with E-state index in [1.807, 2.05) is 0 Å². The predicted molar refractivity (Wildman–Crippen MR) is 73.5 cm³/mol. The van der Waals surface area contributed by atoms with Gasteiger partial charge in [-0.25, -0.2) is 0 Å². The van der Waals surface area contributed by atoms with Gasteiger partial charge in [-0.05, 0) is 25.0 Å². The van der Waals surface area contributed by atoms with Gasteiger partial charge in [0.1, 0.15) is 10.6 Å². The van der Waals surface area contributed by atoms with Crippen LogP contribution in [0.4, 0.5) is 5.69 Å². The van der Waals surface area contributed by atoms with Crippen molar-refractivity contribution in [1.82, 2.24) is 5.32 Å². The summed E-state index contributed by atoms with van der Waals surface area (Å²) in [5.41, 5.74) is 4.48. The van der Waals surface area contributed by atoms with Gasteiger partial charge in [0, 0.05) is 13.0 Å². The van der Waals surface area contributed by atoms with Crippen molar-refractivity contribution in [2.24, 2.45) is 5.73 Å². The molecule has 0 radical (unpaired) electrons. The van der Waals surface area contributed by atoms with Gasteiger partial charge in [-0.1, -0.05) is 17.7 Å². The minimum absolute atomic E-state index is 0.0857. The number of para-hydroxylation sites is 1. The van der Waals surface area contributed by atoms with Crippen molar-refractivity contribution in [3.05, 3.63) is 38.9 Å². The van der Waals surface area contributed by atoms with Crippen molar-refractivity contribution in [3.63, 3.8) is 0 Å². The molecule has 0 aliphatic carbocycles. The molecule has 0 saturated heterocycles. The predicted octanol–water partition coefficient (Wildman–Crippen LogP) is 1.63. The van der Waals surface area contributed by atoms with E-state index in [4.69, 9.17) is 17.3 Å². The number of primary amides is 1. The molecule has 20 heavy (non-hydrogen) atoms. The number of nitrogens with zero attached hydrogens (tertiary/aromatic N) is 1. The highest BCUT2D eigenvalue weighted by atomic mass is 35.5. The Morgan fingerprint density at radius 2 is 2.05 bits per heavy atom. The summed E-state index contributed by atoms with van der Waals surface area (Å²) >= 11 is 5.71. The van der Waals surface area contributed by atoms with Gasteiger partial charge < -0.3 is 11.1 Å². The molecule has 1 aromatic rings. The molecule has 8 heteroatoms. The first kappa shape index (κ1) is 15.9. The van der Waals surface area contributed by atoms with Gasteiger partial charge in [0.05, 0.1) is 4.92 Å². The molecule has 3 N–H and O–H groups in total. The number of hydrogen-bond acceptors (Lipinski definition) is 4. The summed E-state index contributed by atoms with van der Waals surface area (Å²) in [6.07, 6.45) is 1.35. The second kappa shape index (κ2) is 7.44. The van der Waals surface area contributed by atoms with Gasteiger partial charge in [-0.2, -0.15) is 0 Å². The second-order valence-corrected chi connectivity index (χ2v) is 4.48. The van der Waals surface area contributed by atoms with Crippen LogP contribution in [0.1, 0.15) is 29.6 Å². The molecule has 108 valence electrons. The molecule has 0 heterocycles. The van der Waals surface area contributed by atoms with Crippen molar-refractivity contribution in [2.75, 3.05) is 6.54 Å². The van der Waals surface area contributed by atoms with E-state index in [1.165, 1.54) is 18.2 Å². The summed E-state index contributed by atoms with van der Waals surface area (Å²) in [5, 5.41) is 13.3. The zero-order valence-electron chi connectivity index (χ0n) is 10.6. The largest absolute Gasteiger partial charge is 0.370 e. The molecule has 2 amide bonds. The van der Waals surface area contributed by atoms with Crippen LogP contribution in [0, 0.1) is 10.1 Å². The van der Waals surface area contributed by atoms with Crippen molar-refractivity contribution in [1.29, 1.82) is 0 Å². The monoisotopic (exact) mass is 299 g/mol. The Balaban J connectivity index is 2.62. The number of nitrogens with two attached hydrogens (primary N) is 1. The molecular weight excluding hydrogens is 286 g/mol. The Morgan fingerprint density at radius 1 is 1.35 bits per heavy atom. The molecule has 0 bridgehead atoms. The smallest absolute Gasteiger partial charge is 0.300 e. The number of unbranched alkanes of at least 4 members (excludes halogenated alkanes) is 1. The lowest BCUT2D eigenvalue weighted by molar-refractivity contribution is -0.385. The van der Waals surface area contributed by atoms with Crippen LogP contribution in [-0.2, 0) is 4.79 Å². The standard InChI is InChI=1S/C12H14ClN3O4/c13-9-5-3-4-8(11(9)16(19)20)12(18)15-7-2-1-6-10(14)17/h3-5H,1-2,6-7H2,(H2,14,17)(H,15,18). The van der Waals surface area contributed by atoms with Crippen LogP contribution in [0.25, 0.3) is 0 Å². The fraction of sp³-hybridized carbons (Fsp3) is 0.333. The van der Waals surface area contributed by atoms with E-state index in [0.29, 0.717) is 19.4 Å². The summed E-state index contributed by atoms with van der Waals surface area (Å²) in [5.74, 6) is -0.972. The lowest BCUT2D eigenvalue weighted by Gasteiger charge is -2.06. The van der Waals surface area contributed by atoms with Gasteiger partial charge in [0.15, 0.2) is 0 Å². The molecule has 0 aliphatic heterocycles. The summed E-state index contributed by atoms with van der Waals surface area (Å²) < 4.78 is 0. The Labute approximate surface area is 120 Å². The molecule has 0 fully saturated rings. The van der Waals surface area contributed by atoms with Gasteiger partial charge in [0.25, 0.3) is 5.91 Å². The number of nitro groups is 1. The van der Waals surface area contributed by atoms with Gasteiger partial charge in [0.2, 0.25) is 5.91 Å². The van der Waals surface area contributed by atoms with Crippen LogP contribution in [0.3, 0.4) is 0 Å². The van der Waals surface area contributed by atoms with Crippen molar-refractivity contribution in [3.8, 4) is 0 Å². The Bertz CT molecular complexity index is 533. The number of carbonyl (C=O) groups is 2. The van der Waals surface area contributed by atoms with Crippen LogP contribution in [0.2, 0.25) is 5.02 Å². The van der Waals surface area contributed by atoms with E-state index in [1.54, 1.807) is 0 Å². The highest BCUT2D eigenvalue weighted by molar-refractivity contribution is 6.33. The summed E-state index contributed by atoms with van der Waals surface area (Å²) in [7, 11) is 0. The van der Waals surface area contributed by atoms with E-state index >= 15 is 0 Å². The SMILES string of the molecule is NC(=O)CCCCNC(=O)c1cccc(Cl)c1[N+](=O)[O-]. The van der Waals surface area contributed by atoms with Gasteiger partial charge in [-0.3, -0.25) is 19.7 Å². The third-order valence-electron chi connectivity index (χ3n) is 2.55.